The van der Waals surface area contributed by atoms with Gasteiger partial charge in [-0.2, -0.15) is 0 Å². The molecule has 0 bridgehead atoms. The fourth-order valence-electron chi connectivity index (χ4n) is 4.95. The standard InChI is InChI=1S/C27H38N2O2/c1-3-5-6-8-20-9-11-21(12-10-20)22-13-15-23(16-14-22)27-28-17-24(18-29-27)30-19-26-25(31-26)7-4-2/h13-18,20-21,25-26H,3-12,19H2,1-2H3/t20?,21?,25-,26+/m1/s1. The van der Waals surface area contributed by atoms with Crippen molar-refractivity contribution in [2.24, 2.45) is 5.92 Å². The first-order chi connectivity index (χ1) is 15.3. The SMILES string of the molecule is CCCCCC1CCC(c2ccc(-c3ncc(OC[C@@H]4O[C@@H]4CCC)cn3)cc2)CC1. The molecule has 0 amide bonds. The molecule has 2 heterocycles. The summed E-state index contributed by atoms with van der Waals surface area (Å²) in [4.78, 5) is 9.03. The van der Waals surface area contributed by atoms with E-state index in [9.17, 15) is 0 Å². The minimum absolute atomic E-state index is 0.235. The average Bonchev–Trinajstić information content (AvgIpc) is 3.57. The maximum atomic E-state index is 5.79. The van der Waals surface area contributed by atoms with Crippen molar-refractivity contribution < 1.29 is 9.47 Å². The maximum absolute atomic E-state index is 5.79. The lowest BCUT2D eigenvalue weighted by Crippen LogP contribution is -2.13. The molecule has 2 fully saturated rings. The second-order valence-electron chi connectivity index (χ2n) is 9.39. The zero-order valence-electron chi connectivity index (χ0n) is 19.3. The molecular weight excluding hydrogens is 384 g/mol. The minimum atomic E-state index is 0.235. The topological polar surface area (TPSA) is 47.5 Å². The Hall–Kier alpha value is -1.94. The van der Waals surface area contributed by atoms with Gasteiger partial charge in [-0.3, -0.25) is 0 Å². The number of nitrogens with zero attached hydrogens (tertiary/aromatic N) is 2. The van der Waals surface area contributed by atoms with Crippen LogP contribution in [0.25, 0.3) is 11.4 Å². The lowest BCUT2D eigenvalue weighted by atomic mass is 9.77. The van der Waals surface area contributed by atoms with Crippen LogP contribution < -0.4 is 4.74 Å². The summed E-state index contributed by atoms with van der Waals surface area (Å²) in [6.45, 7) is 5.06. The molecule has 1 saturated heterocycles. The molecule has 1 aromatic heterocycles. The van der Waals surface area contributed by atoms with E-state index in [2.05, 4.69) is 48.1 Å². The van der Waals surface area contributed by atoms with Gasteiger partial charge in [0.05, 0.1) is 18.5 Å². The molecule has 0 spiro atoms. The van der Waals surface area contributed by atoms with Crippen molar-refractivity contribution in [2.45, 2.75) is 96.2 Å². The van der Waals surface area contributed by atoms with Crippen molar-refractivity contribution >= 4 is 0 Å². The predicted molar refractivity (Wildman–Crippen MR) is 125 cm³/mol. The number of benzene rings is 1. The summed E-state index contributed by atoms with van der Waals surface area (Å²) in [6, 6.07) is 8.91. The van der Waals surface area contributed by atoms with E-state index in [0.29, 0.717) is 24.4 Å². The van der Waals surface area contributed by atoms with E-state index in [0.717, 1.165) is 30.1 Å². The summed E-state index contributed by atoms with van der Waals surface area (Å²) in [6.07, 6.45) is 17.4. The van der Waals surface area contributed by atoms with Gasteiger partial charge in [0.1, 0.15) is 12.7 Å². The summed E-state index contributed by atoms with van der Waals surface area (Å²) < 4.78 is 11.4. The van der Waals surface area contributed by atoms with E-state index in [1.807, 2.05) is 0 Å². The molecule has 31 heavy (non-hydrogen) atoms. The Labute approximate surface area is 187 Å². The first kappa shape index (κ1) is 22.3. The van der Waals surface area contributed by atoms with E-state index in [1.54, 1.807) is 12.4 Å². The van der Waals surface area contributed by atoms with E-state index in [-0.39, 0.29) is 6.10 Å². The highest BCUT2D eigenvalue weighted by Crippen LogP contribution is 2.38. The third-order valence-corrected chi connectivity index (χ3v) is 7.01. The summed E-state index contributed by atoms with van der Waals surface area (Å²) in [5, 5.41) is 0. The number of ether oxygens (including phenoxy) is 2. The van der Waals surface area contributed by atoms with Crippen LogP contribution in [0.2, 0.25) is 0 Å². The molecule has 4 heteroatoms. The highest BCUT2D eigenvalue weighted by atomic mass is 16.6. The Morgan fingerprint density at radius 3 is 2.29 bits per heavy atom. The smallest absolute Gasteiger partial charge is 0.159 e. The fraction of sp³-hybridized carbons (Fsp3) is 0.630. The van der Waals surface area contributed by atoms with Crippen LogP contribution >= 0.6 is 0 Å². The van der Waals surface area contributed by atoms with Gasteiger partial charge < -0.3 is 9.47 Å². The van der Waals surface area contributed by atoms with Crippen LogP contribution in [0.15, 0.2) is 36.7 Å². The van der Waals surface area contributed by atoms with Crippen molar-refractivity contribution in [1.29, 1.82) is 0 Å². The average molecular weight is 423 g/mol. The van der Waals surface area contributed by atoms with Gasteiger partial charge in [0.15, 0.2) is 11.6 Å². The molecular formula is C27H38N2O2. The number of hydrogen-bond acceptors (Lipinski definition) is 4. The van der Waals surface area contributed by atoms with Gasteiger partial charge in [-0.25, -0.2) is 9.97 Å². The van der Waals surface area contributed by atoms with Gasteiger partial charge >= 0.3 is 0 Å². The first-order valence-corrected chi connectivity index (χ1v) is 12.5. The minimum Gasteiger partial charge on any atom is -0.488 e. The van der Waals surface area contributed by atoms with Crippen LogP contribution in [-0.4, -0.2) is 28.8 Å². The molecule has 4 nitrogen and oxygen atoms in total. The Balaban J connectivity index is 1.24. The number of epoxide rings is 1. The number of rotatable bonds is 11. The molecule has 2 atom stereocenters. The number of aromatic nitrogens is 2. The lowest BCUT2D eigenvalue weighted by molar-refractivity contribution is 0.258. The quantitative estimate of drug-likeness (QED) is 0.290. The third-order valence-electron chi connectivity index (χ3n) is 7.01. The highest BCUT2D eigenvalue weighted by Gasteiger charge is 2.38. The highest BCUT2D eigenvalue weighted by molar-refractivity contribution is 5.55. The summed E-state index contributed by atoms with van der Waals surface area (Å²) >= 11 is 0. The van der Waals surface area contributed by atoms with Gasteiger partial charge in [0.25, 0.3) is 0 Å². The van der Waals surface area contributed by atoms with Crippen LogP contribution in [0.3, 0.4) is 0 Å². The van der Waals surface area contributed by atoms with Crippen molar-refractivity contribution in [1.82, 2.24) is 9.97 Å². The largest absolute Gasteiger partial charge is 0.488 e. The summed E-state index contributed by atoms with van der Waals surface area (Å²) in [5.74, 6) is 3.14. The molecule has 1 aliphatic carbocycles. The van der Waals surface area contributed by atoms with Crippen LogP contribution in [0.5, 0.6) is 5.75 Å². The van der Waals surface area contributed by atoms with Crippen LogP contribution in [0.4, 0.5) is 0 Å². The summed E-state index contributed by atoms with van der Waals surface area (Å²) in [7, 11) is 0. The van der Waals surface area contributed by atoms with Crippen molar-refractivity contribution in [3.63, 3.8) is 0 Å². The monoisotopic (exact) mass is 422 g/mol. The van der Waals surface area contributed by atoms with E-state index in [1.165, 1.54) is 56.9 Å². The van der Waals surface area contributed by atoms with E-state index in [4.69, 9.17) is 9.47 Å². The van der Waals surface area contributed by atoms with Crippen molar-refractivity contribution in [3.05, 3.63) is 42.2 Å². The van der Waals surface area contributed by atoms with Crippen molar-refractivity contribution in [3.8, 4) is 17.1 Å². The molecule has 1 saturated carbocycles. The van der Waals surface area contributed by atoms with Gasteiger partial charge in [-0.05, 0) is 49.5 Å². The molecule has 0 unspecified atom stereocenters. The molecule has 2 aliphatic rings. The summed E-state index contributed by atoms with van der Waals surface area (Å²) in [5.41, 5.74) is 2.54. The normalized spacial score (nSPS) is 25.4. The molecule has 1 aliphatic heterocycles. The predicted octanol–water partition coefficient (Wildman–Crippen LogP) is 6.94. The second-order valence-corrected chi connectivity index (χ2v) is 9.39. The Kier molecular flexibility index (Phi) is 7.96. The van der Waals surface area contributed by atoms with E-state index >= 15 is 0 Å². The van der Waals surface area contributed by atoms with Crippen molar-refractivity contribution in [2.75, 3.05) is 6.61 Å². The zero-order valence-corrected chi connectivity index (χ0v) is 19.3. The molecule has 1 aromatic carbocycles. The Morgan fingerprint density at radius 2 is 1.61 bits per heavy atom. The number of hydrogen-bond donors (Lipinski definition) is 0. The first-order valence-electron chi connectivity index (χ1n) is 12.5. The van der Waals surface area contributed by atoms with Crippen LogP contribution in [0, 0.1) is 5.92 Å². The fourth-order valence-corrected chi connectivity index (χ4v) is 4.95. The molecule has 0 N–H and O–H groups in total. The molecule has 0 radical (unpaired) electrons. The van der Waals surface area contributed by atoms with Gasteiger partial charge in [-0.15, -0.1) is 0 Å². The van der Waals surface area contributed by atoms with Gasteiger partial charge in [0.2, 0.25) is 0 Å². The molecule has 2 aromatic rings. The zero-order chi connectivity index (χ0) is 21.5. The lowest BCUT2D eigenvalue weighted by Gasteiger charge is -2.29. The second kappa shape index (κ2) is 11.1. The van der Waals surface area contributed by atoms with Crippen LogP contribution in [0.1, 0.15) is 89.5 Å². The number of unbranched alkanes of at least 4 members (excludes halogenated alkanes) is 2. The molecule has 168 valence electrons. The van der Waals surface area contributed by atoms with Gasteiger partial charge in [-0.1, -0.05) is 70.2 Å². The molecule has 4 rings (SSSR count). The van der Waals surface area contributed by atoms with Crippen LogP contribution in [-0.2, 0) is 4.74 Å². The van der Waals surface area contributed by atoms with E-state index < -0.39 is 0 Å². The Bertz CT molecular complexity index is 782. The van der Waals surface area contributed by atoms with Gasteiger partial charge in [0, 0.05) is 5.56 Å². The maximum Gasteiger partial charge on any atom is 0.159 e. The third kappa shape index (κ3) is 6.29. The Morgan fingerprint density at radius 1 is 0.871 bits per heavy atom.